The number of anilines is 1. The molecule has 0 aliphatic rings. The highest BCUT2D eigenvalue weighted by Crippen LogP contribution is 2.30. The van der Waals surface area contributed by atoms with Crippen LogP contribution in [0.1, 0.15) is 18.7 Å². The van der Waals surface area contributed by atoms with Gasteiger partial charge in [0.1, 0.15) is 5.69 Å². The molecular formula is C15H14ClN5. The van der Waals surface area contributed by atoms with E-state index in [0.717, 1.165) is 17.1 Å². The van der Waals surface area contributed by atoms with Gasteiger partial charge in [-0.15, -0.1) is 0 Å². The van der Waals surface area contributed by atoms with Crippen LogP contribution >= 0.6 is 11.6 Å². The van der Waals surface area contributed by atoms with Crippen molar-refractivity contribution in [1.29, 1.82) is 0 Å². The molecule has 5 nitrogen and oxygen atoms in total. The molecular weight excluding hydrogens is 286 g/mol. The first-order chi connectivity index (χ1) is 10.3. The zero-order valence-corrected chi connectivity index (χ0v) is 12.2. The fourth-order valence-corrected chi connectivity index (χ4v) is 2.37. The van der Waals surface area contributed by atoms with Gasteiger partial charge >= 0.3 is 0 Å². The molecule has 0 spiro atoms. The molecule has 0 bridgehead atoms. The Morgan fingerprint density at radius 2 is 2.10 bits per heavy atom. The molecule has 106 valence electrons. The Bertz CT molecular complexity index is 712. The van der Waals surface area contributed by atoms with Crippen molar-refractivity contribution in [2.24, 2.45) is 0 Å². The van der Waals surface area contributed by atoms with Crippen molar-refractivity contribution < 1.29 is 0 Å². The predicted molar refractivity (Wildman–Crippen MR) is 82.6 cm³/mol. The monoisotopic (exact) mass is 299 g/mol. The van der Waals surface area contributed by atoms with Crippen molar-refractivity contribution in [3.63, 3.8) is 0 Å². The van der Waals surface area contributed by atoms with Gasteiger partial charge in [-0.1, -0.05) is 17.7 Å². The third-order valence-corrected chi connectivity index (χ3v) is 3.42. The average Bonchev–Trinajstić information content (AvgIpc) is 3.02. The van der Waals surface area contributed by atoms with E-state index >= 15 is 0 Å². The van der Waals surface area contributed by atoms with Gasteiger partial charge in [0, 0.05) is 24.8 Å². The molecule has 6 heteroatoms. The molecule has 0 amide bonds. The molecule has 2 aromatic heterocycles. The zero-order valence-electron chi connectivity index (χ0n) is 11.4. The van der Waals surface area contributed by atoms with Crippen LogP contribution in [0.25, 0.3) is 5.69 Å². The van der Waals surface area contributed by atoms with Gasteiger partial charge in [-0.05, 0) is 25.1 Å². The first-order valence-corrected chi connectivity index (χ1v) is 6.94. The Morgan fingerprint density at radius 1 is 1.19 bits per heavy atom. The SMILES string of the molecule is CC(Nc1cccc(Cl)c1-n1cccn1)c1cnccn1. The maximum atomic E-state index is 6.32. The van der Waals surface area contributed by atoms with Gasteiger partial charge in [0.05, 0.1) is 28.6 Å². The summed E-state index contributed by atoms with van der Waals surface area (Å²) < 4.78 is 1.74. The predicted octanol–water partition coefficient (Wildman–Crippen LogP) is 3.49. The number of rotatable bonds is 4. The van der Waals surface area contributed by atoms with Crippen LogP contribution in [0, 0.1) is 0 Å². The topological polar surface area (TPSA) is 55.6 Å². The van der Waals surface area contributed by atoms with Gasteiger partial charge in [0.2, 0.25) is 0 Å². The molecule has 3 rings (SSSR count). The summed E-state index contributed by atoms with van der Waals surface area (Å²) in [5, 5.41) is 8.29. The van der Waals surface area contributed by atoms with E-state index < -0.39 is 0 Å². The minimum absolute atomic E-state index is 0.00600. The van der Waals surface area contributed by atoms with Crippen molar-refractivity contribution in [3.8, 4) is 5.69 Å². The van der Waals surface area contributed by atoms with Crippen molar-refractivity contribution >= 4 is 17.3 Å². The number of benzene rings is 1. The van der Waals surface area contributed by atoms with Crippen molar-refractivity contribution in [3.05, 3.63) is 66.0 Å². The van der Waals surface area contributed by atoms with E-state index in [2.05, 4.69) is 20.4 Å². The summed E-state index contributed by atoms with van der Waals surface area (Å²) in [5.74, 6) is 0. The summed E-state index contributed by atoms with van der Waals surface area (Å²) in [7, 11) is 0. The summed E-state index contributed by atoms with van der Waals surface area (Å²) in [5.41, 5.74) is 2.58. The first-order valence-electron chi connectivity index (χ1n) is 6.56. The van der Waals surface area contributed by atoms with Crippen LogP contribution in [0.15, 0.2) is 55.2 Å². The van der Waals surface area contributed by atoms with Crippen LogP contribution in [-0.4, -0.2) is 19.7 Å². The Balaban J connectivity index is 1.95. The molecule has 1 N–H and O–H groups in total. The molecule has 0 saturated heterocycles. The first kappa shape index (κ1) is 13.6. The minimum Gasteiger partial charge on any atom is -0.375 e. The molecule has 3 aromatic rings. The van der Waals surface area contributed by atoms with Crippen LogP contribution in [-0.2, 0) is 0 Å². The zero-order chi connectivity index (χ0) is 14.7. The lowest BCUT2D eigenvalue weighted by Crippen LogP contribution is -2.11. The molecule has 21 heavy (non-hydrogen) atoms. The van der Waals surface area contributed by atoms with Crippen LogP contribution in [0.4, 0.5) is 5.69 Å². The van der Waals surface area contributed by atoms with E-state index in [1.54, 1.807) is 29.5 Å². The van der Waals surface area contributed by atoms with Gasteiger partial charge in [-0.3, -0.25) is 9.97 Å². The molecule has 1 unspecified atom stereocenters. The average molecular weight is 300 g/mol. The van der Waals surface area contributed by atoms with Gasteiger partial charge < -0.3 is 5.32 Å². The Hall–Kier alpha value is -2.40. The standard InChI is InChI=1S/C15H14ClN5/c1-11(14-10-17-7-8-18-14)20-13-5-2-4-12(16)15(13)21-9-3-6-19-21/h2-11,20H,1H3. The van der Waals surface area contributed by atoms with Crippen LogP contribution < -0.4 is 5.32 Å². The summed E-state index contributed by atoms with van der Waals surface area (Å²) in [4.78, 5) is 8.40. The maximum absolute atomic E-state index is 6.32. The van der Waals surface area contributed by atoms with Crippen molar-refractivity contribution in [1.82, 2.24) is 19.7 Å². The summed E-state index contributed by atoms with van der Waals surface area (Å²) in [6.45, 7) is 2.03. The van der Waals surface area contributed by atoms with Gasteiger partial charge in [0.15, 0.2) is 0 Å². The van der Waals surface area contributed by atoms with E-state index in [9.17, 15) is 0 Å². The maximum Gasteiger partial charge on any atom is 0.106 e. The van der Waals surface area contributed by atoms with Crippen LogP contribution in [0.3, 0.4) is 0 Å². The lowest BCUT2D eigenvalue weighted by Gasteiger charge is -2.18. The Kier molecular flexibility index (Phi) is 3.83. The van der Waals surface area contributed by atoms with E-state index in [1.807, 2.05) is 37.4 Å². The third-order valence-electron chi connectivity index (χ3n) is 3.12. The number of hydrogen-bond donors (Lipinski definition) is 1. The third kappa shape index (κ3) is 2.87. The van der Waals surface area contributed by atoms with Crippen LogP contribution in [0.5, 0.6) is 0 Å². The molecule has 1 aromatic carbocycles. The number of aromatic nitrogens is 4. The lowest BCUT2D eigenvalue weighted by molar-refractivity contribution is 0.817. The number of nitrogens with zero attached hydrogens (tertiary/aromatic N) is 4. The Labute approximate surface area is 127 Å². The molecule has 1 atom stereocenters. The minimum atomic E-state index is 0.00600. The van der Waals surface area contributed by atoms with Crippen molar-refractivity contribution in [2.75, 3.05) is 5.32 Å². The van der Waals surface area contributed by atoms with Crippen molar-refractivity contribution in [2.45, 2.75) is 13.0 Å². The van der Waals surface area contributed by atoms with E-state index in [-0.39, 0.29) is 6.04 Å². The number of nitrogens with one attached hydrogen (secondary N) is 1. The fraction of sp³-hybridized carbons (Fsp3) is 0.133. The summed E-state index contributed by atoms with van der Waals surface area (Å²) in [6, 6.07) is 7.58. The van der Waals surface area contributed by atoms with E-state index in [1.165, 1.54) is 0 Å². The summed E-state index contributed by atoms with van der Waals surface area (Å²) in [6.07, 6.45) is 8.67. The van der Waals surface area contributed by atoms with E-state index in [0.29, 0.717) is 5.02 Å². The van der Waals surface area contributed by atoms with E-state index in [4.69, 9.17) is 11.6 Å². The number of halogens is 1. The molecule has 2 heterocycles. The highest BCUT2D eigenvalue weighted by atomic mass is 35.5. The highest BCUT2D eigenvalue weighted by molar-refractivity contribution is 6.33. The molecule has 0 saturated carbocycles. The molecule has 0 radical (unpaired) electrons. The Morgan fingerprint density at radius 3 is 2.81 bits per heavy atom. The second-order valence-electron chi connectivity index (χ2n) is 4.58. The molecule has 0 aliphatic heterocycles. The summed E-state index contributed by atoms with van der Waals surface area (Å²) >= 11 is 6.32. The van der Waals surface area contributed by atoms with Gasteiger partial charge in [0.25, 0.3) is 0 Å². The lowest BCUT2D eigenvalue weighted by atomic mass is 10.2. The number of para-hydroxylation sites is 1. The van der Waals surface area contributed by atoms with Crippen LogP contribution in [0.2, 0.25) is 5.02 Å². The number of hydrogen-bond acceptors (Lipinski definition) is 4. The normalized spacial score (nSPS) is 12.1. The fourth-order valence-electron chi connectivity index (χ4n) is 2.11. The smallest absolute Gasteiger partial charge is 0.106 e. The van der Waals surface area contributed by atoms with Gasteiger partial charge in [-0.2, -0.15) is 5.10 Å². The molecule has 0 fully saturated rings. The molecule has 0 aliphatic carbocycles. The second-order valence-corrected chi connectivity index (χ2v) is 4.99. The highest BCUT2D eigenvalue weighted by Gasteiger charge is 2.13. The largest absolute Gasteiger partial charge is 0.375 e. The second kappa shape index (κ2) is 5.93. The van der Waals surface area contributed by atoms with Gasteiger partial charge in [-0.25, -0.2) is 4.68 Å². The quantitative estimate of drug-likeness (QED) is 0.801.